The Morgan fingerprint density at radius 2 is 0.844 bits per heavy atom. The molecule has 2 aliphatic carbocycles. The van der Waals surface area contributed by atoms with E-state index in [9.17, 15) is 33.6 Å². The summed E-state index contributed by atoms with van der Waals surface area (Å²) in [5.41, 5.74) is 34.3. The summed E-state index contributed by atoms with van der Waals surface area (Å²) in [5.74, 6) is -3.16. The molecule has 0 saturated heterocycles. The van der Waals surface area contributed by atoms with E-state index in [1.54, 1.807) is 4.90 Å². The number of hydrogen-bond acceptors (Lipinski definition) is 13. The Morgan fingerprint density at radius 1 is 0.469 bits per heavy atom. The van der Waals surface area contributed by atoms with Gasteiger partial charge in [0.2, 0.25) is 41.4 Å². The summed E-state index contributed by atoms with van der Waals surface area (Å²) in [6.07, 6.45) is 13.9. The Labute approximate surface area is 381 Å². The van der Waals surface area contributed by atoms with E-state index in [-0.39, 0.29) is 83.3 Å². The second kappa shape index (κ2) is 33.5. The molecular formula is C44H85N13O7. The summed E-state index contributed by atoms with van der Waals surface area (Å²) >= 11 is 0. The quantitative estimate of drug-likeness (QED) is 0.0338. The highest BCUT2D eigenvalue weighted by Gasteiger charge is 2.32. The molecule has 2 saturated carbocycles. The predicted molar refractivity (Wildman–Crippen MR) is 248 cm³/mol. The van der Waals surface area contributed by atoms with Crippen LogP contribution in [0.4, 0.5) is 0 Å². The van der Waals surface area contributed by atoms with E-state index in [0.717, 1.165) is 51.4 Å². The lowest BCUT2D eigenvalue weighted by atomic mass is 10.1. The van der Waals surface area contributed by atoms with E-state index in [0.29, 0.717) is 109 Å². The number of unbranched alkanes of at least 4 members (excludes halogenated alkanes) is 5. The minimum atomic E-state index is -0.929. The van der Waals surface area contributed by atoms with Crippen molar-refractivity contribution in [2.24, 2.45) is 34.4 Å². The molecular weight excluding hydrogens is 823 g/mol. The highest BCUT2D eigenvalue weighted by Crippen LogP contribution is 2.24. The highest BCUT2D eigenvalue weighted by molar-refractivity contribution is 5.93. The van der Waals surface area contributed by atoms with Crippen molar-refractivity contribution < 1.29 is 33.6 Å². The number of carbonyl (C=O) groups is 7. The third-order valence-electron chi connectivity index (χ3n) is 12.2. The number of nitrogens with zero attached hydrogens (tertiary/aromatic N) is 5. The molecule has 0 heterocycles. The average molecular weight is 908 g/mol. The summed E-state index contributed by atoms with van der Waals surface area (Å²) in [6, 6.07) is -0.683. The van der Waals surface area contributed by atoms with Crippen molar-refractivity contribution in [1.82, 2.24) is 35.1 Å². The zero-order chi connectivity index (χ0) is 47.1. The van der Waals surface area contributed by atoms with E-state index in [2.05, 4.69) is 10.6 Å². The molecule has 64 heavy (non-hydrogen) atoms. The van der Waals surface area contributed by atoms with Gasteiger partial charge < -0.3 is 69.5 Å². The van der Waals surface area contributed by atoms with Crippen LogP contribution in [-0.4, -0.2) is 182 Å². The molecule has 1 unspecified atom stereocenters. The molecule has 14 N–H and O–H groups in total. The Balaban J connectivity index is 2.30. The van der Waals surface area contributed by atoms with E-state index < -0.39 is 35.6 Å². The van der Waals surface area contributed by atoms with Crippen LogP contribution in [0, 0.1) is 0 Å². The SMILES string of the molecule is NCCCCC(NC(=O)CN(CCCCN)C(=O)CN(CCCCN)C(=O)CN(CCCCN)C(=O)CN(CCCCN)C(=O)CN(C(=O)CNC1CCCC1)C1CCCC1)C(N)=O. The monoisotopic (exact) mass is 908 g/mol. The van der Waals surface area contributed by atoms with Gasteiger partial charge in [-0.1, -0.05) is 25.7 Å². The Hall–Kier alpha value is -3.95. The van der Waals surface area contributed by atoms with Crippen molar-refractivity contribution in [3.8, 4) is 0 Å². The number of nitrogens with two attached hydrogens (primary N) is 6. The van der Waals surface area contributed by atoms with Gasteiger partial charge in [0.05, 0.1) is 32.7 Å². The molecule has 2 fully saturated rings. The molecule has 2 rings (SSSR count). The number of rotatable bonds is 36. The van der Waals surface area contributed by atoms with Crippen LogP contribution in [0.25, 0.3) is 0 Å². The maximum Gasteiger partial charge on any atom is 0.242 e. The zero-order valence-corrected chi connectivity index (χ0v) is 38.8. The van der Waals surface area contributed by atoms with Crippen molar-refractivity contribution in [2.75, 3.05) is 98.2 Å². The predicted octanol–water partition coefficient (Wildman–Crippen LogP) is -1.34. The molecule has 7 amide bonds. The van der Waals surface area contributed by atoms with Gasteiger partial charge in [0.25, 0.3) is 0 Å². The summed E-state index contributed by atoms with van der Waals surface area (Å²) in [7, 11) is 0. The first-order valence-electron chi connectivity index (χ1n) is 24.1. The van der Waals surface area contributed by atoms with Gasteiger partial charge in [0.1, 0.15) is 12.6 Å². The van der Waals surface area contributed by atoms with Gasteiger partial charge in [-0.2, -0.15) is 0 Å². The second-order valence-electron chi connectivity index (χ2n) is 17.4. The van der Waals surface area contributed by atoms with Crippen LogP contribution in [-0.2, 0) is 33.6 Å². The molecule has 1 atom stereocenters. The molecule has 0 aliphatic heterocycles. The molecule has 20 nitrogen and oxygen atoms in total. The van der Waals surface area contributed by atoms with E-state index in [1.807, 2.05) is 0 Å². The van der Waals surface area contributed by atoms with Gasteiger partial charge in [-0.05, 0) is 129 Å². The fourth-order valence-corrected chi connectivity index (χ4v) is 8.28. The summed E-state index contributed by atoms with van der Waals surface area (Å²) in [4.78, 5) is 103. The Kier molecular flexibility index (Phi) is 29.4. The van der Waals surface area contributed by atoms with Crippen LogP contribution < -0.4 is 45.0 Å². The fourth-order valence-electron chi connectivity index (χ4n) is 8.28. The third-order valence-corrected chi connectivity index (χ3v) is 12.2. The van der Waals surface area contributed by atoms with Crippen LogP contribution in [0.2, 0.25) is 0 Å². The maximum absolute atomic E-state index is 14.3. The third kappa shape index (κ3) is 22.3. The first-order chi connectivity index (χ1) is 30.9. The lowest BCUT2D eigenvalue weighted by Crippen LogP contribution is -2.53. The van der Waals surface area contributed by atoms with E-state index in [1.165, 1.54) is 19.6 Å². The van der Waals surface area contributed by atoms with Crippen molar-refractivity contribution in [1.29, 1.82) is 0 Å². The number of nitrogens with one attached hydrogen (secondary N) is 2. The van der Waals surface area contributed by atoms with Crippen molar-refractivity contribution in [2.45, 2.75) is 140 Å². The molecule has 0 radical (unpaired) electrons. The minimum absolute atomic E-state index is 0.0498. The van der Waals surface area contributed by atoms with Gasteiger partial charge in [-0.25, -0.2) is 0 Å². The summed E-state index contributed by atoms with van der Waals surface area (Å²) < 4.78 is 0. The number of carbonyl (C=O) groups excluding carboxylic acids is 7. The number of amides is 7. The largest absolute Gasteiger partial charge is 0.368 e. The van der Waals surface area contributed by atoms with Crippen molar-refractivity contribution >= 4 is 41.4 Å². The normalized spacial score (nSPS) is 14.6. The maximum atomic E-state index is 14.3. The van der Waals surface area contributed by atoms with Crippen LogP contribution >= 0.6 is 0 Å². The first kappa shape index (κ1) is 56.2. The molecule has 0 aromatic carbocycles. The Morgan fingerprint density at radius 3 is 1.25 bits per heavy atom. The van der Waals surface area contributed by atoms with Crippen LogP contribution in [0.5, 0.6) is 0 Å². The fraction of sp³-hybridized carbons (Fsp3) is 0.841. The molecule has 0 aromatic rings. The Bertz CT molecular complexity index is 1400. The number of primary amides is 1. The smallest absolute Gasteiger partial charge is 0.242 e. The van der Waals surface area contributed by atoms with Gasteiger partial charge in [-0.3, -0.25) is 33.6 Å². The molecule has 368 valence electrons. The summed E-state index contributed by atoms with van der Waals surface area (Å²) in [6.45, 7) is 1.36. The van der Waals surface area contributed by atoms with Crippen molar-refractivity contribution in [3.63, 3.8) is 0 Å². The topological polar surface area (TPSA) is 316 Å². The van der Waals surface area contributed by atoms with Crippen molar-refractivity contribution in [3.05, 3.63) is 0 Å². The lowest BCUT2D eigenvalue weighted by Gasteiger charge is -2.33. The zero-order valence-electron chi connectivity index (χ0n) is 38.8. The average Bonchev–Trinajstić information content (AvgIpc) is 4.01. The van der Waals surface area contributed by atoms with Gasteiger partial charge in [0.15, 0.2) is 0 Å². The molecule has 0 aromatic heterocycles. The van der Waals surface area contributed by atoms with E-state index in [4.69, 9.17) is 34.4 Å². The second-order valence-corrected chi connectivity index (χ2v) is 17.4. The van der Waals surface area contributed by atoms with Gasteiger partial charge in [-0.15, -0.1) is 0 Å². The molecule has 0 bridgehead atoms. The van der Waals surface area contributed by atoms with Gasteiger partial charge >= 0.3 is 0 Å². The van der Waals surface area contributed by atoms with Crippen LogP contribution in [0.3, 0.4) is 0 Å². The van der Waals surface area contributed by atoms with Crippen LogP contribution in [0.15, 0.2) is 0 Å². The first-order valence-corrected chi connectivity index (χ1v) is 24.1. The van der Waals surface area contributed by atoms with Crippen LogP contribution in [0.1, 0.15) is 122 Å². The molecule has 2 aliphatic rings. The van der Waals surface area contributed by atoms with E-state index >= 15 is 0 Å². The number of hydrogen-bond donors (Lipinski definition) is 8. The summed E-state index contributed by atoms with van der Waals surface area (Å²) in [5, 5.41) is 6.03. The standard InChI is InChI=1S/C44H85N13O7/c45-20-6-5-19-37(44(50)64)52-38(58)30-53(25-11-7-21-46)40(60)31-54(26-12-8-22-47)41(61)32-55(27-13-9-23-48)42(62)33-56(28-14-10-24-49)43(63)34-57(36-17-3-4-18-36)39(59)29-51-35-15-1-2-16-35/h35-37,51H,1-34,45-49H2,(H2,50,64)(H,52,58). The lowest BCUT2D eigenvalue weighted by molar-refractivity contribution is -0.148. The van der Waals surface area contributed by atoms with Gasteiger partial charge in [0, 0.05) is 38.3 Å². The highest BCUT2D eigenvalue weighted by atomic mass is 16.2. The molecule has 20 heteroatoms. The molecule has 0 spiro atoms. The minimum Gasteiger partial charge on any atom is -0.368 e.